The maximum Gasteiger partial charge on any atom is 0.261 e. The van der Waals surface area contributed by atoms with Crippen molar-refractivity contribution >= 4 is 29.1 Å². The summed E-state index contributed by atoms with van der Waals surface area (Å²) < 4.78 is 31.2. The number of furan rings is 1. The molecule has 0 unspecified atom stereocenters. The van der Waals surface area contributed by atoms with Gasteiger partial charge in [-0.2, -0.15) is 0 Å². The van der Waals surface area contributed by atoms with Crippen molar-refractivity contribution in [2.75, 3.05) is 13.3 Å². The fraction of sp³-hybridized carbons (Fsp3) is 0.179. The first kappa shape index (κ1) is 26.0. The minimum atomic E-state index is -1.35. The summed E-state index contributed by atoms with van der Waals surface area (Å²) in [6.45, 7) is -0.365. The zero-order valence-electron chi connectivity index (χ0n) is 20.6. The number of rotatable bonds is 10. The minimum Gasteiger partial charge on any atom is -0.467 e. The van der Waals surface area contributed by atoms with Crippen LogP contribution in [0.2, 0.25) is 0 Å². The van der Waals surface area contributed by atoms with E-state index in [1.807, 2.05) is 0 Å². The lowest BCUT2D eigenvalue weighted by molar-refractivity contribution is -0.141. The summed E-state index contributed by atoms with van der Waals surface area (Å²) in [7, 11) is 0. The van der Waals surface area contributed by atoms with E-state index in [-0.39, 0.29) is 25.4 Å². The fourth-order valence-electron chi connectivity index (χ4n) is 4.14. The van der Waals surface area contributed by atoms with E-state index in [4.69, 9.17) is 13.9 Å². The maximum absolute atomic E-state index is 15.1. The van der Waals surface area contributed by atoms with Crippen molar-refractivity contribution in [3.05, 3.63) is 106 Å². The zero-order valence-corrected chi connectivity index (χ0v) is 21.4. The van der Waals surface area contributed by atoms with Gasteiger partial charge >= 0.3 is 0 Å². The normalized spacial score (nSPS) is 12.5. The minimum absolute atomic E-state index is 0.00752. The number of halogens is 1. The van der Waals surface area contributed by atoms with Gasteiger partial charge in [-0.25, -0.2) is 4.39 Å². The number of nitrogens with one attached hydrogen (secondary N) is 2. The highest BCUT2D eigenvalue weighted by Crippen LogP contribution is 2.34. The van der Waals surface area contributed by atoms with Gasteiger partial charge in [-0.15, -0.1) is 11.3 Å². The van der Waals surface area contributed by atoms with Crippen molar-refractivity contribution in [1.29, 1.82) is 0 Å². The summed E-state index contributed by atoms with van der Waals surface area (Å²) in [5.41, 5.74) is 0.630. The Bertz CT molecular complexity index is 1460. The molecule has 0 saturated carbocycles. The summed E-state index contributed by atoms with van der Waals surface area (Å²) in [5.74, 6) is -0.730. The molecule has 1 atom stereocenters. The van der Waals surface area contributed by atoms with Gasteiger partial charge in [0.1, 0.15) is 17.6 Å². The smallest absolute Gasteiger partial charge is 0.261 e. The SMILES string of the molecule is O=C(NCC(=O)N(Cc1ccc2c(c1)OCO2)[C@@H](C(=O)NCc1ccco1)c1ccccc1F)c1cccs1. The summed E-state index contributed by atoms with van der Waals surface area (Å²) in [5, 5.41) is 7.09. The molecule has 5 rings (SSSR count). The Morgan fingerprint density at radius 2 is 1.82 bits per heavy atom. The second-order valence-corrected chi connectivity index (χ2v) is 9.54. The number of carbonyl (C=O) groups is 3. The lowest BCUT2D eigenvalue weighted by Crippen LogP contribution is -2.47. The molecule has 2 N–H and O–H groups in total. The Morgan fingerprint density at radius 3 is 2.59 bits per heavy atom. The predicted molar refractivity (Wildman–Crippen MR) is 139 cm³/mol. The molecule has 0 bridgehead atoms. The Balaban J connectivity index is 1.46. The number of benzene rings is 2. The third-order valence-electron chi connectivity index (χ3n) is 6.03. The summed E-state index contributed by atoms with van der Waals surface area (Å²) >= 11 is 1.24. The Labute approximate surface area is 227 Å². The van der Waals surface area contributed by atoms with E-state index in [1.165, 1.54) is 40.7 Å². The van der Waals surface area contributed by atoms with Gasteiger partial charge < -0.3 is 29.4 Å². The van der Waals surface area contributed by atoms with Gasteiger partial charge in [-0.1, -0.05) is 30.3 Å². The molecule has 2 aromatic carbocycles. The molecule has 39 heavy (non-hydrogen) atoms. The van der Waals surface area contributed by atoms with Crippen molar-refractivity contribution in [3.63, 3.8) is 0 Å². The number of hydrogen-bond acceptors (Lipinski definition) is 7. The third-order valence-corrected chi connectivity index (χ3v) is 6.90. The van der Waals surface area contributed by atoms with Crippen molar-refractivity contribution < 1.29 is 32.7 Å². The number of carbonyl (C=O) groups excluding carboxylic acids is 3. The molecule has 4 aromatic rings. The van der Waals surface area contributed by atoms with E-state index in [2.05, 4.69) is 10.6 Å². The van der Waals surface area contributed by atoms with Crippen LogP contribution in [0.3, 0.4) is 0 Å². The van der Waals surface area contributed by atoms with Crippen LogP contribution in [0.4, 0.5) is 4.39 Å². The molecular formula is C28H24FN3O6S. The van der Waals surface area contributed by atoms with Crippen molar-refractivity contribution in [1.82, 2.24) is 15.5 Å². The standard InChI is InChI=1S/C28H24FN3O6S/c29-21-7-2-1-6-20(21)26(28(35)30-14-19-5-3-11-36-19)32(16-18-9-10-22-23(13-18)38-17-37-22)25(33)15-31-27(34)24-8-4-12-39-24/h1-13,26H,14-17H2,(H,30,35)(H,31,34)/t26-/m1/s1. The molecule has 1 aliphatic heterocycles. The quantitative estimate of drug-likeness (QED) is 0.309. The Kier molecular flexibility index (Phi) is 7.88. The molecular weight excluding hydrogens is 525 g/mol. The van der Waals surface area contributed by atoms with Crippen LogP contribution in [0.5, 0.6) is 11.5 Å². The first-order valence-electron chi connectivity index (χ1n) is 12.0. The van der Waals surface area contributed by atoms with E-state index in [0.717, 1.165) is 0 Å². The zero-order chi connectivity index (χ0) is 27.2. The van der Waals surface area contributed by atoms with E-state index < -0.39 is 36.1 Å². The highest BCUT2D eigenvalue weighted by molar-refractivity contribution is 7.12. The van der Waals surface area contributed by atoms with Crippen LogP contribution in [0.25, 0.3) is 0 Å². The average Bonchev–Trinajstić information content (AvgIpc) is 3.74. The number of amides is 3. The van der Waals surface area contributed by atoms with Crippen molar-refractivity contribution in [2.45, 2.75) is 19.1 Å². The van der Waals surface area contributed by atoms with Gasteiger partial charge in [0, 0.05) is 12.1 Å². The number of ether oxygens (including phenoxy) is 2. The Hall–Kier alpha value is -4.64. The molecule has 2 aromatic heterocycles. The van der Waals surface area contributed by atoms with Crippen LogP contribution in [0.1, 0.15) is 32.6 Å². The maximum atomic E-state index is 15.1. The van der Waals surface area contributed by atoms with Gasteiger partial charge in [-0.05, 0) is 47.3 Å². The van der Waals surface area contributed by atoms with Crippen LogP contribution in [-0.4, -0.2) is 36.0 Å². The second kappa shape index (κ2) is 11.8. The largest absolute Gasteiger partial charge is 0.467 e. The molecule has 200 valence electrons. The summed E-state index contributed by atoms with van der Waals surface area (Å²) in [6, 6.07) is 16.3. The molecule has 11 heteroatoms. The van der Waals surface area contributed by atoms with Crippen LogP contribution >= 0.6 is 11.3 Å². The monoisotopic (exact) mass is 549 g/mol. The van der Waals surface area contributed by atoms with Gasteiger partial charge in [-0.3, -0.25) is 14.4 Å². The predicted octanol–water partition coefficient (Wildman–Crippen LogP) is 4.03. The van der Waals surface area contributed by atoms with E-state index in [1.54, 1.807) is 53.9 Å². The van der Waals surface area contributed by atoms with Gasteiger partial charge in [0.2, 0.25) is 18.6 Å². The molecule has 0 radical (unpaired) electrons. The number of hydrogen-bond donors (Lipinski definition) is 2. The molecule has 9 nitrogen and oxygen atoms in total. The molecule has 0 spiro atoms. The van der Waals surface area contributed by atoms with Gasteiger partial charge in [0.15, 0.2) is 11.5 Å². The van der Waals surface area contributed by atoms with E-state index >= 15 is 4.39 Å². The number of fused-ring (bicyclic) bond motifs is 1. The molecule has 3 amide bonds. The van der Waals surface area contributed by atoms with Crippen molar-refractivity contribution in [3.8, 4) is 11.5 Å². The fourth-order valence-corrected chi connectivity index (χ4v) is 4.78. The third kappa shape index (κ3) is 6.10. The van der Waals surface area contributed by atoms with Crippen LogP contribution in [0, 0.1) is 5.82 Å². The molecule has 0 saturated heterocycles. The summed E-state index contributed by atoms with van der Waals surface area (Å²) in [4.78, 5) is 41.5. The highest BCUT2D eigenvalue weighted by Gasteiger charge is 2.34. The van der Waals surface area contributed by atoms with Crippen molar-refractivity contribution in [2.24, 2.45) is 0 Å². The van der Waals surface area contributed by atoms with E-state index in [0.29, 0.717) is 27.7 Å². The first-order chi connectivity index (χ1) is 19.0. The van der Waals surface area contributed by atoms with E-state index in [9.17, 15) is 14.4 Å². The number of nitrogens with zero attached hydrogens (tertiary/aromatic N) is 1. The lowest BCUT2D eigenvalue weighted by atomic mass is 10.0. The first-order valence-corrected chi connectivity index (χ1v) is 12.9. The lowest BCUT2D eigenvalue weighted by Gasteiger charge is -2.32. The van der Waals surface area contributed by atoms with Crippen LogP contribution < -0.4 is 20.1 Å². The molecule has 3 heterocycles. The molecule has 1 aliphatic rings. The Morgan fingerprint density at radius 1 is 0.974 bits per heavy atom. The second-order valence-electron chi connectivity index (χ2n) is 8.59. The van der Waals surface area contributed by atoms with Crippen LogP contribution in [0.15, 0.2) is 82.8 Å². The average molecular weight is 550 g/mol. The van der Waals surface area contributed by atoms with Gasteiger partial charge in [0.25, 0.3) is 5.91 Å². The topological polar surface area (TPSA) is 110 Å². The number of thiophene rings is 1. The highest BCUT2D eigenvalue weighted by atomic mass is 32.1. The van der Waals surface area contributed by atoms with Crippen LogP contribution in [-0.2, 0) is 22.7 Å². The summed E-state index contributed by atoms with van der Waals surface area (Å²) in [6.07, 6.45) is 1.47. The molecule has 0 aliphatic carbocycles. The molecule has 0 fully saturated rings. The van der Waals surface area contributed by atoms with Gasteiger partial charge in [0.05, 0.1) is 24.2 Å².